The number of hydrogen-bond donors (Lipinski definition) is 2. The first-order valence-electron chi connectivity index (χ1n) is 5.43. The Kier molecular flexibility index (Phi) is 6.76. The lowest BCUT2D eigenvalue weighted by molar-refractivity contribution is -0.137. The summed E-state index contributed by atoms with van der Waals surface area (Å²) in [7, 11) is -3.61. The van der Waals surface area contributed by atoms with E-state index in [1.54, 1.807) is 19.9 Å². The van der Waals surface area contributed by atoms with Gasteiger partial charge in [0.25, 0.3) is 0 Å². The SMILES string of the molecule is CCC(C#N)S(=O)(=O)NCC(C)CCC(=O)O. The molecule has 2 atom stereocenters. The molecule has 0 amide bonds. The molecular weight excluding hydrogens is 244 g/mol. The number of nitrogens with zero attached hydrogens (tertiary/aromatic N) is 1. The average Bonchev–Trinajstić information content (AvgIpc) is 2.25. The van der Waals surface area contributed by atoms with Crippen LogP contribution in [-0.2, 0) is 14.8 Å². The number of rotatable bonds is 8. The number of aliphatic carboxylic acids is 1. The molecule has 17 heavy (non-hydrogen) atoms. The van der Waals surface area contributed by atoms with Crippen LogP contribution in [0.2, 0.25) is 0 Å². The molecular formula is C10H18N2O4S. The molecule has 0 saturated carbocycles. The molecule has 0 aliphatic carbocycles. The summed E-state index contributed by atoms with van der Waals surface area (Å²) in [5, 5.41) is 16.1. The zero-order valence-electron chi connectivity index (χ0n) is 10.0. The van der Waals surface area contributed by atoms with E-state index in [4.69, 9.17) is 10.4 Å². The number of hydrogen-bond acceptors (Lipinski definition) is 4. The van der Waals surface area contributed by atoms with Crippen LogP contribution in [0.3, 0.4) is 0 Å². The average molecular weight is 262 g/mol. The van der Waals surface area contributed by atoms with Gasteiger partial charge in [0.1, 0.15) is 0 Å². The lowest BCUT2D eigenvalue weighted by Gasteiger charge is -2.13. The first-order valence-corrected chi connectivity index (χ1v) is 6.98. The molecule has 98 valence electrons. The molecule has 2 unspecified atom stereocenters. The highest BCUT2D eigenvalue weighted by molar-refractivity contribution is 7.90. The molecule has 0 spiro atoms. The maximum atomic E-state index is 11.6. The van der Waals surface area contributed by atoms with Crippen LogP contribution < -0.4 is 4.72 Å². The topological polar surface area (TPSA) is 107 Å². The van der Waals surface area contributed by atoms with Crippen LogP contribution in [0, 0.1) is 17.2 Å². The Bertz CT molecular complexity index is 386. The van der Waals surface area contributed by atoms with Gasteiger partial charge >= 0.3 is 5.97 Å². The van der Waals surface area contributed by atoms with Crippen LogP contribution in [0.25, 0.3) is 0 Å². The highest BCUT2D eigenvalue weighted by atomic mass is 32.2. The number of sulfonamides is 1. The summed E-state index contributed by atoms with van der Waals surface area (Å²) in [6.45, 7) is 3.55. The first kappa shape index (κ1) is 15.9. The van der Waals surface area contributed by atoms with Crippen LogP contribution in [0.5, 0.6) is 0 Å². The van der Waals surface area contributed by atoms with Crippen molar-refractivity contribution >= 4 is 16.0 Å². The van der Waals surface area contributed by atoms with Crippen molar-refractivity contribution in [2.24, 2.45) is 5.92 Å². The second kappa shape index (κ2) is 7.25. The summed E-state index contributed by atoms with van der Waals surface area (Å²) in [5.41, 5.74) is 0. The highest BCUT2D eigenvalue weighted by Gasteiger charge is 2.23. The standard InChI is InChI=1S/C10H18N2O4S/c1-3-9(6-11)17(15,16)12-7-8(2)4-5-10(13)14/h8-9,12H,3-5,7H2,1-2H3,(H,13,14). The van der Waals surface area contributed by atoms with E-state index in [1.807, 2.05) is 0 Å². The Hall–Kier alpha value is -1.13. The molecule has 6 nitrogen and oxygen atoms in total. The van der Waals surface area contributed by atoms with E-state index in [-0.39, 0.29) is 25.3 Å². The fourth-order valence-electron chi connectivity index (χ4n) is 1.21. The predicted molar refractivity (Wildman–Crippen MR) is 62.6 cm³/mol. The van der Waals surface area contributed by atoms with Crippen molar-refractivity contribution in [1.29, 1.82) is 5.26 Å². The van der Waals surface area contributed by atoms with Crippen molar-refractivity contribution in [3.63, 3.8) is 0 Å². The zero-order chi connectivity index (χ0) is 13.5. The molecule has 0 fully saturated rings. The van der Waals surface area contributed by atoms with Gasteiger partial charge in [0.15, 0.2) is 5.25 Å². The molecule has 0 rings (SSSR count). The largest absolute Gasteiger partial charge is 0.481 e. The molecule has 0 aromatic heterocycles. The summed E-state index contributed by atoms with van der Waals surface area (Å²) in [6.07, 6.45) is 0.648. The maximum absolute atomic E-state index is 11.6. The number of carboxylic acids is 1. The van der Waals surface area contributed by atoms with E-state index >= 15 is 0 Å². The van der Waals surface area contributed by atoms with Crippen molar-refractivity contribution in [3.8, 4) is 6.07 Å². The minimum Gasteiger partial charge on any atom is -0.481 e. The van der Waals surface area contributed by atoms with E-state index in [0.29, 0.717) is 6.42 Å². The van der Waals surface area contributed by atoms with Crippen molar-refractivity contribution in [2.45, 2.75) is 38.4 Å². The van der Waals surface area contributed by atoms with E-state index in [2.05, 4.69) is 4.72 Å². The summed E-state index contributed by atoms with van der Waals surface area (Å²) in [5.74, 6) is -0.972. The Morgan fingerprint density at radius 2 is 2.12 bits per heavy atom. The van der Waals surface area contributed by atoms with Gasteiger partial charge in [-0.15, -0.1) is 0 Å². The van der Waals surface area contributed by atoms with Crippen LogP contribution in [0.1, 0.15) is 33.1 Å². The van der Waals surface area contributed by atoms with Gasteiger partial charge in [-0.3, -0.25) is 4.79 Å². The van der Waals surface area contributed by atoms with Crippen molar-refractivity contribution in [3.05, 3.63) is 0 Å². The van der Waals surface area contributed by atoms with Gasteiger partial charge in [-0.05, 0) is 18.8 Å². The van der Waals surface area contributed by atoms with Gasteiger partial charge in [-0.1, -0.05) is 13.8 Å². The van der Waals surface area contributed by atoms with Gasteiger partial charge < -0.3 is 5.11 Å². The van der Waals surface area contributed by atoms with Crippen molar-refractivity contribution in [1.82, 2.24) is 4.72 Å². The second-order valence-electron chi connectivity index (χ2n) is 3.96. The normalized spacial score (nSPS) is 14.9. The van der Waals surface area contributed by atoms with E-state index in [9.17, 15) is 13.2 Å². The Morgan fingerprint density at radius 1 is 1.53 bits per heavy atom. The van der Waals surface area contributed by atoms with Gasteiger partial charge in [0.05, 0.1) is 6.07 Å². The van der Waals surface area contributed by atoms with Crippen molar-refractivity contribution in [2.75, 3.05) is 6.54 Å². The molecule has 0 bridgehead atoms. The first-order chi connectivity index (χ1) is 7.83. The smallest absolute Gasteiger partial charge is 0.303 e. The molecule has 0 heterocycles. The molecule has 0 aromatic rings. The minimum absolute atomic E-state index is 0.0123. The van der Waals surface area contributed by atoms with Gasteiger partial charge in [0, 0.05) is 13.0 Å². The third-order valence-electron chi connectivity index (χ3n) is 2.37. The van der Waals surface area contributed by atoms with Crippen LogP contribution in [-0.4, -0.2) is 31.3 Å². The summed E-state index contributed by atoms with van der Waals surface area (Å²) in [4.78, 5) is 10.3. The van der Waals surface area contributed by atoms with Crippen LogP contribution in [0.15, 0.2) is 0 Å². The van der Waals surface area contributed by atoms with Crippen LogP contribution >= 0.6 is 0 Å². The molecule has 2 N–H and O–H groups in total. The minimum atomic E-state index is -3.61. The maximum Gasteiger partial charge on any atom is 0.303 e. The monoisotopic (exact) mass is 262 g/mol. The molecule has 0 aromatic carbocycles. The molecule has 0 radical (unpaired) electrons. The Labute approximate surface area is 102 Å². The highest BCUT2D eigenvalue weighted by Crippen LogP contribution is 2.07. The van der Waals surface area contributed by atoms with Gasteiger partial charge in [-0.25, -0.2) is 13.1 Å². The molecule has 0 aliphatic rings. The summed E-state index contributed by atoms with van der Waals surface area (Å²) < 4.78 is 25.5. The van der Waals surface area contributed by atoms with E-state index < -0.39 is 21.2 Å². The number of nitrogens with one attached hydrogen (secondary N) is 1. The van der Waals surface area contributed by atoms with Gasteiger partial charge in [0.2, 0.25) is 10.0 Å². The van der Waals surface area contributed by atoms with Gasteiger partial charge in [-0.2, -0.15) is 5.26 Å². The predicted octanol–water partition coefficient (Wildman–Crippen LogP) is 0.709. The summed E-state index contributed by atoms with van der Waals surface area (Å²) >= 11 is 0. The zero-order valence-corrected chi connectivity index (χ0v) is 10.8. The molecule has 0 aliphatic heterocycles. The Balaban J connectivity index is 4.19. The second-order valence-corrected chi connectivity index (χ2v) is 5.90. The Morgan fingerprint density at radius 3 is 2.53 bits per heavy atom. The molecule has 0 saturated heterocycles. The molecule has 7 heteroatoms. The number of nitriles is 1. The lowest BCUT2D eigenvalue weighted by atomic mass is 10.1. The fourth-order valence-corrected chi connectivity index (χ4v) is 2.51. The fraction of sp³-hybridized carbons (Fsp3) is 0.800. The number of carboxylic acid groups (broad SMARTS) is 1. The van der Waals surface area contributed by atoms with Crippen LogP contribution in [0.4, 0.5) is 0 Å². The lowest BCUT2D eigenvalue weighted by Crippen LogP contribution is -2.35. The number of carbonyl (C=O) groups is 1. The van der Waals surface area contributed by atoms with E-state index in [0.717, 1.165) is 0 Å². The van der Waals surface area contributed by atoms with E-state index in [1.165, 1.54) is 0 Å². The van der Waals surface area contributed by atoms with Crippen molar-refractivity contribution < 1.29 is 18.3 Å². The third-order valence-corrected chi connectivity index (χ3v) is 4.13. The quantitative estimate of drug-likeness (QED) is 0.669. The third kappa shape index (κ3) is 6.24. The summed E-state index contributed by atoms with van der Waals surface area (Å²) in [6, 6.07) is 1.72.